The molecule has 0 bridgehead atoms. The first-order valence-corrected chi connectivity index (χ1v) is 5.65. The Bertz CT molecular complexity index is 427. The van der Waals surface area contributed by atoms with Crippen molar-refractivity contribution in [2.24, 2.45) is 0 Å². The highest BCUT2D eigenvalue weighted by atomic mass is 19.2. The number of hydrogen-bond acceptors (Lipinski definition) is 4. The van der Waals surface area contributed by atoms with E-state index < -0.39 is 27.9 Å². The second-order valence-corrected chi connectivity index (χ2v) is 3.69. The summed E-state index contributed by atoms with van der Waals surface area (Å²) in [5.41, 5.74) is -0.873. The molecule has 100 valence electrons. The van der Waals surface area contributed by atoms with Crippen LogP contribution in [0.3, 0.4) is 0 Å². The molecule has 0 aliphatic carbocycles. The monoisotopic (exact) mass is 259 g/mol. The van der Waals surface area contributed by atoms with E-state index in [1.807, 2.05) is 6.92 Å². The fraction of sp³-hybridized carbons (Fsp3) is 0.455. The molecule has 18 heavy (non-hydrogen) atoms. The molecule has 1 rings (SSSR count). The molecule has 0 amide bonds. The van der Waals surface area contributed by atoms with Gasteiger partial charge in [-0.1, -0.05) is 6.92 Å². The molecule has 0 fully saturated rings. The van der Waals surface area contributed by atoms with E-state index in [1.165, 1.54) is 0 Å². The molecule has 1 aromatic rings. The van der Waals surface area contributed by atoms with Crippen LogP contribution < -0.4 is 10.6 Å². The number of nitro benzene ring substituents is 1. The first-order chi connectivity index (χ1) is 8.57. The first kappa shape index (κ1) is 14.3. The van der Waals surface area contributed by atoms with Gasteiger partial charge < -0.3 is 10.6 Å². The Hall–Kier alpha value is -1.76. The third kappa shape index (κ3) is 3.63. The standard InChI is InChI=1S/C11H15F2N3O2/c1-2-5-14-6-7-15-11-9(16(17)18)4-3-8(12)10(11)13/h3-4,14-15H,2,5-7H2,1H3. The van der Waals surface area contributed by atoms with Crippen molar-refractivity contribution in [1.29, 1.82) is 0 Å². The summed E-state index contributed by atoms with van der Waals surface area (Å²) in [6, 6.07) is 1.69. The van der Waals surface area contributed by atoms with Gasteiger partial charge >= 0.3 is 0 Å². The minimum atomic E-state index is -1.22. The zero-order valence-corrected chi connectivity index (χ0v) is 10.0. The van der Waals surface area contributed by atoms with Crippen molar-refractivity contribution in [3.63, 3.8) is 0 Å². The lowest BCUT2D eigenvalue weighted by molar-refractivity contribution is -0.384. The Morgan fingerprint density at radius 2 is 2.00 bits per heavy atom. The summed E-state index contributed by atoms with van der Waals surface area (Å²) in [5.74, 6) is -2.33. The molecule has 0 heterocycles. The molecular weight excluding hydrogens is 244 g/mol. The van der Waals surface area contributed by atoms with E-state index in [9.17, 15) is 18.9 Å². The number of halogens is 2. The van der Waals surface area contributed by atoms with Gasteiger partial charge in [0, 0.05) is 19.2 Å². The summed E-state index contributed by atoms with van der Waals surface area (Å²) in [6.07, 6.45) is 0.953. The summed E-state index contributed by atoms with van der Waals surface area (Å²) < 4.78 is 26.4. The normalized spacial score (nSPS) is 10.4. The Balaban J connectivity index is 2.73. The van der Waals surface area contributed by atoms with Crippen LogP contribution in [0.5, 0.6) is 0 Å². The van der Waals surface area contributed by atoms with Crippen LogP contribution in [0.1, 0.15) is 13.3 Å². The van der Waals surface area contributed by atoms with Gasteiger partial charge in [0.1, 0.15) is 0 Å². The van der Waals surface area contributed by atoms with Gasteiger partial charge in [-0.05, 0) is 19.0 Å². The summed E-state index contributed by atoms with van der Waals surface area (Å²) in [6.45, 7) is 3.59. The molecule has 0 saturated heterocycles. The second kappa shape index (κ2) is 6.85. The lowest BCUT2D eigenvalue weighted by atomic mass is 10.2. The highest BCUT2D eigenvalue weighted by Gasteiger charge is 2.20. The van der Waals surface area contributed by atoms with Gasteiger partial charge in [-0.2, -0.15) is 0 Å². The van der Waals surface area contributed by atoms with Crippen LogP contribution in [-0.2, 0) is 0 Å². The molecule has 7 heteroatoms. The third-order valence-electron chi connectivity index (χ3n) is 2.30. The Morgan fingerprint density at radius 3 is 2.61 bits per heavy atom. The highest BCUT2D eigenvalue weighted by molar-refractivity contribution is 5.62. The van der Waals surface area contributed by atoms with Gasteiger partial charge in [0.2, 0.25) is 0 Å². The van der Waals surface area contributed by atoms with Gasteiger partial charge in [0.05, 0.1) is 4.92 Å². The van der Waals surface area contributed by atoms with Crippen molar-refractivity contribution >= 4 is 11.4 Å². The molecule has 1 aromatic carbocycles. The van der Waals surface area contributed by atoms with E-state index in [0.717, 1.165) is 25.1 Å². The average molecular weight is 259 g/mol. The molecule has 0 atom stereocenters. The van der Waals surface area contributed by atoms with E-state index in [-0.39, 0.29) is 6.54 Å². The van der Waals surface area contributed by atoms with Crippen LogP contribution in [0, 0.1) is 21.7 Å². The summed E-state index contributed by atoms with van der Waals surface area (Å²) >= 11 is 0. The molecular formula is C11H15F2N3O2. The SMILES string of the molecule is CCCNCCNc1c([N+](=O)[O-])ccc(F)c1F. The third-order valence-corrected chi connectivity index (χ3v) is 2.30. The van der Waals surface area contributed by atoms with Gasteiger partial charge in [-0.15, -0.1) is 0 Å². The van der Waals surface area contributed by atoms with Crippen LogP contribution in [0.4, 0.5) is 20.2 Å². The number of nitro groups is 1. The Labute approximate surface area is 103 Å². The quantitative estimate of drug-likeness (QED) is 0.448. The minimum Gasteiger partial charge on any atom is -0.376 e. The number of nitrogens with zero attached hydrogens (tertiary/aromatic N) is 1. The molecule has 0 radical (unpaired) electrons. The second-order valence-electron chi connectivity index (χ2n) is 3.69. The Kier molecular flexibility index (Phi) is 5.44. The molecule has 0 aliphatic heterocycles. The zero-order chi connectivity index (χ0) is 13.5. The van der Waals surface area contributed by atoms with E-state index in [0.29, 0.717) is 6.54 Å². The molecule has 2 N–H and O–H groups in total. The van der Waals surface area contributed by atoms with Crippen LogP contribution in [0.15, 0.2) is 12.1 Å². The van der Waals surface area contributed by atoms with Crippen molar-refractivity contribution in [3.8, 4) is 0 Å². The predicted octanol–water partition coefficient (Wildman–Crippen LogP) is 2.28. The van der Waals surface area contributed by atoms with Crippen molar-refractivity contribution < 1.29 is 13.7 Å². The molecule has 0 saturated carbocycles. The maximum absolute atomic E-state index is 13.4. The van der Waals surface area contributed by atoms with Crippen LogP contribution >= 0.6 is 0 Å². The minimum absolute atomic E-state index is 0.279. The molecule has 0 aliphatic rings. The fourth-order valence-electron chi connectivity index (χ4n) is 1.44. The van der Waals surface area contributed by atoms with E-state index in [2.05, 4.69) is 10.6 Å². The van der Waals surface area contributed by atoms with Crippen molar-refractivity contribution in [3.05, 3.63) is 33.9 Å². The maximum atomic E-state index is 13.4. The van der Waals surface area contributed by atoms with Gasteiger partial charge in [0.25, 0.3) is 5.69 Å². The topological polar surface area (TPSA) is 67.2 Å². The van der Waals surface area contributed by atoms with Gasteiger partial charge in [-0.3, -0.25) is 10.1 Å². The number of nitrogens with one attached hydrogen (secondary N) is 2. The van der Waals surface area contributed by atoms with Crippen molar-refractivity contribution in [2.45, 2.75) is 13.3 Å². The summed E-state index contributed by atoms with van der Waals surface area (Å²) in [7, 11) is 0. The average Bonchev–Trinajstić information content (AvgIpc) is 2.33. The van der Waals surface area contributed by atoms with Crippen molar-refractivity contribution in [2.75, 3.05) is 25.0 Å². The molecule has 0 unspecified atom stereocenters. The van der Waals surface area contributed by atoms with E-state index in [4.69, 9.17) is 0 Å². The number of rotatable bonds is 7. The lowest BCUT2D eigenvalue weighted by Gasteiger charge is -2.09. The smallest absolute Gasteiger partial charge is 0.295 e. The van der Waals surface area contributed by atoms with Gasteiger partial charge in [0.15, 0.2) is 17.3 Å². The van der Waals surface area contributed by atoms with Crippen molar-refractivity contribution in [1.82, 2.24) is 5.32 Å². The zero-order valence-electron chi connectivity index (χ0n) is 10.0. The van der Waals surface area contributed by atoms with Gasteiger partial charge in [-0.25, -0.2) is 8.78 Å². The van der Waals surface area contributed by atoms with Crippen LogP contribution in [0.2, 0.25) is 0 Å². The molecule has 0 aromatic heterocycles. The highest BCUT2D eigenvalue weighted by Crippen LogP contribution is 2.28. The van der Waals surface area contributed by atoms with Crippen LogP contribution in [-0.4, -0.2) is 24.6 Å². The number of anilines is 1. The van der Waals surface area contributed by atoms with Crippen LogP contribution in [0.25, 0.3) is 0 Å². The largest absolute Gasteiger partial charge is 0.376 e. The maximum Gasteiger partial charge on any atom is 0.295 e. The number of benzene rings is 1. The van der Waals surface area contributed by atoms with E-state index in [1.54, 1.807) is 0 Å². The lowest BCUT2D eigenvalue weighted by Crippen LogP contribution is -2.23. The summed E-state index contributed by atoms with van der Waals surface area (Å²) in [4.78, 5) is 9.94. The predicted molar refractivity (Wildman–Crippen MR) is 64.7 cm³/mol. The first-order valence-electron chi connectivity index (χ1n) is 5.65. The fourth-order valence-corrected chi connectivity index (χ4v) is 1.44. The number of hydrogen-bond donors (Lipinski definition) is 2. The molecule has 0 spiro atoms. The van der Waals surface area contributed by atoms with E-state index >= 15 is 0 Å². The Morgan fingerprint density at radius 1 is 1.28 bits per heavy atom. The summed E-state index contributed by atoms with van der Waals surface area (Å²) in [5, 5.41) is 16.3. The molecule has 5 nitrogen and oxygen atoms in total.